The van der Waals surface area contributed by atoms with Crippen molar-refractivity contribution in [2.24, 2.45) is 11.3 Å². The number of nitrogens with zero attached hydrogens (tertiary/aromatic N) is 1. The van der Waals surface area contributed by atoms with Crippen molar-refractivity contribution < 1.29 is 19.1 Å². The summed E-state index contributed by atoms with van der Waals surface area (Å²) in [5.74, 6) is 0.286. The number of hydrogen-bond donors (Lipinski definition) is 0. The molecule has 1 saturated carbocycles. The normalized spacial score (nSPS) is 35.7. The second-order valence-corrected chi connectivity index (χ2v) is 6.38. The van der Waals surface area contributed by atoms with Gasteiger partial charge in [0.25, 0.3) is 0 Å². The standard InChI is InChI=1S/C17H21NO4/c1-4-5-6-8-17-9-7-12-11(2)22-16(20)18(14(12)17)13(10-17)15(19)21-3/h5,12-14H,1-2,6-10H2,3H3/t12-,13-,14-,17-/m0/s1. The molecule has 3 aliphatic rings. The van der Waals surface area contributed by atoms with Crippen LogP contribution in [0.4, 0.5) is 4.79 Å². The molecule has 1 amide bonds. The SMILES string of the molecule is C=C=CCC[C@@]12CC[C@H]3C(=C)OC(=O)N([C@@H]31)[C@H](C(=O)OC)C2. The average molecular weight is 303 g/mol. The molecule has 4 atom stereocenters. The van der Waals surface area contributed by atoms with E-state index < -0.39 is 12.1 Å². The van der Waals surface area contributed by atoms with Crippen molar-refractivity contribution >= 4 is 12.1 Å². The largest absolute Gasteiger partial charge is 0.467 e. The van der Waals surface area contributed by atoms with E-state index >= 15 is 0 Å². The van der Waals surface area contributed by atoms with Crippen LogP contribution in [-0.2, 0) is 14.3 Å². The van der Waals surface area contributed by atoms with Crippen molar-refractivity contribution in [3.8, 4) is 0 Å². The predicted octanol–water partition coefficient (Wildman–Crippen LogP) is 2.78. The number of methoxy groups -OCH3 is 1. The number of cyclic esters (lactones) is 1. The van der Waals surface area contributed by atoms with Gasteiger partial charge in [0.1, 0.15) is 11.8 Å². The Labute approximate surface area is 130 Å². The monoisotopic (exact) mass is 303 g/mol. The van der Waals surface area contributed by atoms with Gasteiger partial charge in [-0.1, -0.05) is 13.2 Å². The zero-order chi connectivity index (χ0) is 15.9. The first-order chi connectivity index (χ1) is 10.5. The van der Waals surface area contributed by atoms with E-state index in [-0.39, 0.29) is 23.3 Å². The topological polar surface area (TPSA) is 55.8 Å². The van der Waals surface area contributed by atoms with E-state index in [2.05, 4.69) is 18.9 Å². The highest BCUT2D eigenvalue weighted by Crippen LogP contribution is 2.59. The van der Waals surface area contributed by atoms with Crippen LogP contribution in [0.1, 0.15) is 32.1 Å². The minimum Gasteiger partial charge on any atom is -0.467 e. The molecule has 22 heavy (non-hydrogen) atoms. The fourth-order valence-corrected chi connectivity index (χ4v) is 4.55. The van der Waals surface area contributed by atoms with E-state index in [1.54, 1.807) is 4.90 Å². The van der Waals surface area contributed by atoms with Gasteiger partial charge < -0.3 is 9.47 Å². The molecule has 5 nitrogen and oxygen atoms in total. The van der Waals surface area contributed by atoms with Crippen molar-refractivity contribution in [1.82, 2.24) is 4.90 Å². The number of amides is 1. The first kappa shape index (κ1) is 14.9. The van der Waals surface area contributed by atoms with Gasteiger partial charge in [0.2, 0.25) is 0 Å². The van der Waals surface area contributed by atoms with E-state index in [1.807, 2.05) is 6.08 Å². The number of allylic oxidation sites excluding steroid dienone is 1. The van der Waals surface area contributed by atoms with E-state index in [4.69, 9.17) is 9.47 Å². The number of esters is 1. The maximum Gasteiger partial charge on any atom is 0.415 e. The first-order valence-corrected chi connectivity index (χ1v) is 7.65. The lowest BCUT2D eigenvalue weighted by atomic mass is 9.75. The van der Waals surface area contributed by atoms with Crippen LogP contribution >= 0.6 is 0 Å². The van der Waals surface area contributed by atoms with Crippen LogP contribution in [0.5, 0.6) is 0 Å². The molecule has 1 aliphatic carbocycles. The average Bonchev–Trinajstić information content (AvgIpc) is 3.01. The van der Waals surface area contributed by atoms with Crippen molar-refractivity contribution in [2.45, 2.75) is 44.2 Å². The Morgan fingerprint density at radius 1 is 1.64 bits per heavy atom. The highest BCUT2D eigenvalue weighted by molar-refractivity contribution is 5.84. The molecule has 3 fully saturated rings. The molecular weight excluding hydrogens is 282 g/mol. The molecule has 0 N–H and O–H groups in total. The van der Waals surface area contributed by atoms with Crippen molar-refractivity contribution in [3.63, 3.8) is 0 Å². The molecule has 0 spiro atoms. The van der Waals surface area contributed by atoms with Gasteiger partial charge in [-0.15, -0.1) is 5.73 Å². The smallest absolute Gasteiger partial charge is 0.415 e. The zero-order valence-corrected chi connectivity index (χ0v) is 12.8. The molecule has 2 saturated heterocycles. The van der Waals surface area contributed by atoms with Crippen molar-refractivity contribution in [1.29, 1.82) is 0 Å². The van der Waals surface area contributed by atoms with E-state index in [0.717, 1.165) is 25.7 Å². The first-order valence-electron chi connectivity index (χ1n) is 7.65. The van der Waals surface area contributed by atoms with Gasteiger partial charge in [-0.05, 0) is 43.6 Å². The zero-order valence-electron chi connectivity index (χ0n) is 12.8. The quantitative estimate of drug-likeness (QED) is 0.592. The Hall–Kier alpha value is -2.00. The lowest BCUT2D eigenvalue weighted by Crippen LogP contribution is -2.52. The van der Waals surface area contributed by atoms with Gasteiger partial charge in [0, 0.05) is 5.92 Å². The van der Waals surface area contributed by atoms with Gasteiger partial charge in [-0.25, -0.2) is 9.59 Å². The number of rotatable bonds is 4. The van der Waals surface area contributed by atoms with Gasteiger partial charge >= 0.3 is 12.1 Å². The summed E-state index contributed by atoms with van der Waals surface area (Å²) in [6.45, 7) is 7.50. The van der Waals surface area contributed by atoms with Crippen molar-refractivity contribution in [3.05, 3.63) is 30.7 Å². The molecule has 0 aromatic carbocycles. The van der Waals surface area contributed by atoms with Crippen LogP contribution in [0.3, 0.4) is 0 Å². The number of hydrogen-bond acceptors (Lipinski definition) is 4. The summed E-state index contributed by atoms with van der Waals surface area (Å²) in [5.41, 5.74) is 2.72. The van der Waals surface area contributed by atoms with Crippen molar-refractivity contribution in [2.75, 3.05) is 7.11 Å². The third-order valence-corrected chi connectivity index (χ3v) is 5.44. The van der Waals surface area contributed by atoms with Crippen LogP contribution in [0, 0.1) is 11.3 Å². The maximum absolute atomic E-state index is 12.3. The Balaban J connectivity index is 1.97. The summed E-state index contributed by atoms with van der Waals surface area (Å²) in [6.07, 6.45) is 5.73. The summed E-state index contributed by atoms with van der Waals surface area (Å²) >= 11 is 0. The van der Waals surface area contributed by atoms with Crippen LogP contribution < -0.4 is 0 Å². The molecular formula is C17H21NO4. The van der Waals surface area contributed by atoms with Crippen LogP contribution in [0.2, 0.25) is 0 Å². The summed E-state index contributed by atoms with van der Waals surface area (Å²) in [7, 11) is 1.36. The maximum atomic E-state index is 12.3. The third kappa shape index (κ3) is 2.00. The Bertz CT molecular complexity index is 577. The second kappa shape index (κ2) is 5.33. The van der Waals surface area contributed by atoms with E-state index in [1.165, 1.54) is 7.11 Å². The van der Waals surface area contributed by atoms with E-state index in [0.29, 0.717) is 12.2 Å². The lowest BCUT2D eigenvalue weighted by Gasteiger charge is -2.39. The summed E-state index contributed by atoms with van der Waals surface area (Å²) < 4.78 is 10.2. The Kier molecular flexibility index (Phi) is 3.61. The molecule has 0 bridgehead atoms. The van der Waals surface area contributed by atoms with Gasteiger partial charge in [0.15, 0.2) is 0 Å². The molecule has 5 heteroatoms. The minimum absolute atomic E-state index is 0.0106. The molecule has 0 aromatic heterocycles. The number of carbonyl (C=O) groups is 2. The molecule has 2 heterocycles. The third-order valence-electron chi connectivity index (χ3n) is 5.44. The molecule has 0 radical (unpaired) electrons. The van der Waals surface area contributed by atoms with E-state index in [9.17, 15) is 9.59 Å². The molecule has 0 aromatic rings. The van der Waals surface area contributed by atoms with Crippen LogP contribution in [-0.4, -0.2) is 36.2 Å². The molecule has 2 aliphatic heterocycles. The van der Waals surface area contributed by atoms with Crippen LogP contribution in [0.25, 0.3) is 0 Å². The Morgan fingerprint density at radius 3 is 3.09 bits per heavy atom. The molecule has 0 unspecified atom stereocenters. The Morgan fingerprint density at radius 2 is 2.41 bits per heavy atom. The number of ether oxygens (including phenoxy) is 2. The highest BCUT2D eigenvalue weighted by Gasteiger charge is 2.64. The van der Waals surface area contributed by atoms with Crippen LogP contribution in [0.15, 0.2) is 30.7 Å². The number of carbonyl (C=O) groups excluding carboxylic acids is 2. The van der Waals surface area contributed by atoms with Gasteiger partial charge in [-0.3, -0.25) is 4.90 Å². The molecule has 3 rings (SSSR count). The predicted molar refractivity (Wildman–Crippen MR) is 79.8 cm³/mol. The van der Waals surface area contributed by atoms with Gasteiger partial charge in [0.05, 0.1) is 13.2 Å². The fraction of sp³-hybridized carbons (Fsp3) is 0.588. The highest BCUT2D eigenvalue weighted by atomic mass is 16.6. The summed E-state index contributed by atoms with van der Waals surface area (Å²) in [5, 5.41) is 0. The van der Waals surface area contributed by atoms with Gasteiger partial charge in [-0.2, -0.15) is 0 Å². The summed E-state index contributed by atoms with van der Waals surface area (Å²) in [6, 6.07) is -0.560. The molecule has 118 valence electrons. The lowest BCUT2D eigenvalue weighted by molar-refractivity contribution is -0.146. The fourth-order valence-electron chi connectivity index (χ4n) is 4.55. The summed E-state index contributed by atoms with van der Waals surface area (Å²) in [4.78, 5) is 26.0. The second-order valence-electron chi connectivity index (χ2n) is 6.38. The minimum atomic E-state index is -0.550.